The molecule has 9 rings (SSSR count). The number of hydrazone groups is 2. The third-order valence-corrected chi connectivity index (χ3v) is 18.6. The highest BCUT2D eigenvalue weighted by molar-refractivity contribution is 6.38. The number of nitrogens with two attached hydrogens (primary N) is 1. The van der Waals surface area contributed by atoms with E-state index in [-0.39, 0.29) is 69.7 Å². The lowest BCUT2D eigenvalue weighted by atomic mass is 9.81. The van der Waals surface area contributed by atoms with E-state index in [1.807, 2.05) is 48.5 Å². The minimum absolute atomic E-state index is 0.000781. The first-order chi connectivity index (χ1) is 52.4. The molecule has 11 amide bonds. The van der Waals surface area contributed by atoms with Crippen molar-refractivity contribution in [3.8, 4) is 5.75 Å². The summed E-state index contributed by atoms with van der Waals surface area (Å²) in [6.45, 7) is 10.1. The molecule has 110 heavy (non-hydrogen) atoms. The molecule has 2 saturated carbocycles. The maximum Gasteiger partial charge on any atom is 0.335 e. The van der Waals surface area contributed by atoms with Gasteiger partial charge in [0.15, 0.2) is 11.9 Å². The highest BCUT2D eigenvalue weighted by Gasteiger charge is 2.37. The molecule has 0 radical (unpaired) electrons. The van der Waals surface area contributed by atoms with Crippen molar-refractivity contribution < 1.29 is 67.0 Å². The molecule has 2 heterocycles. The number of hydrogen-bond acceptors (Lipinski definition) is 19. The molecule has 5 aromatic rings. The Morgan fingerprint density at radius 1 is 0.564 bits per heavy atom. The molecule has 4 aliphatic rings. The molecule has 32 heteroatoms. The van der Waals surface area contributed by atoms with Gasteiger partial charge in [0, 0.05) is 79.3 Å². The molecule has 2 aliphatic carbocycles. The van der Waals surface area contributed by atoms with Gasteiger partial charge in [0.25, 0.3) is 17.7 Å². The monoisotopic (exact) mass is 1550 g/mol. The molecule has 2 aliphatic heterocycles. The van der Waals surface area contributed by atoms with Gasteiger partial charge in [0.2, 0.25) is 29.8 Å². The van der Waals surface area contributed by atoms with Crippen molar-refractivity contribution in [1.82, 2.24) is 48.1 Å². The Morgan fingerprint density at radius 2 is 0.955 bits per heavy atom. The summed E-state index contributed by atoms with van der Waals surface area (Å²) in [7, 11) is 4.64. The van der Waals surface area contributed by atoms with Crippen LogP contribution < -0.4 is 68.3 Å². The van der Waals surface area contributed by atoms with E-state index >= 15 is 0 Å². The Balaban J connectivity index is 0.000000283. The fourth-order valence-electron chi connectivity index (χ4n) is 12.8. The Labute approximate surface area is 648 Å². The van der Waals surface area contributed by atoms with Crippen LogP contribution >= 0.6 is 23.2 Å². The van der Waals surface area contributed by atoms with Crippen LogP contribution in [0.5, 0.6) is 5.75 Å². The Bertz CT molecular complexity index is 4240. The van der Waals surface area contributed by atoms with E-state index in [0.717, 1.165) is 56.9 Å². The summed E-state index contributed by atoms with van der Waals surface area (Å²) < 4.78 is 16.1. The van der Waals surface area contributed by atoms with Crippen LogP contribution in [0.4, 0.5) is 21.0 Å². The van der Waals surface area contributed by atoms with E-state index in [1.54, 1.807) is 116 Å². The van der Waals surface area contributed by atoms with Crippen molar-refractivity contribution in [2.75, 3.05) is 57.2 Å². The van der Waals surface area contributed by atoms with Crippen molar-refractivity contribution in [1.29, 1.82) is 0 Å². The zero-order valence-corrected chi connectivity index (χ0v) is 64.5. The predicted molar refractivity (Wildman–Crippen MR) is 418 cm³/mol. The van der Waals surface area contributed by atoms with Crippen LogP contribution in [0, 0.1) is 23.7 Å². The molecular weight excluding hydrogens is 1460 g/mol. The molecule has 0 bridgehead atoms. The number of aliphatic imine (C=N–C) groups is 2. The van der Waals surface area contributed by atoms with E-state index < -0.39 is 102 Å². The van der Waals surface area contributed by atoms with Crippen LogP contribution in [0.2, 0.25) is 10.0 Å². The van der Waals surface area contributed by atoms with Gasteiger partial charge in [-0.3, -0.25) is 57.9 Å². The van der Waals surface area contributed by atoms with Gasteiger partial charge >= 0.3 is 24.0 Å². The number of carbonyl (C=O) groups excluding carboxylic acids is 11. The van der Waals surface area contributed by atoms with Gasteiger partial charge in [-0.05, 0) is 129 Å². The van der Waals surface area contributed by atoms with Gasteiger partial charge in [-0.15, -0.1) is 0 Å². The van der Waals surface area contributed by atoms with Crippen molar-refractivity contribution >= 4 is 124 Å². The average molecular weight is 1550 g/mol. The van der Waals surface area contributed by atoms with Gasteiger partial charge in [0.05, 0.1) is 64.9 Å². The first-order valence-corrected chi connectivity index (χ1v) is 36.9. The standard InChI is InChI=1S/C43H50Cl2N8O8.C35H46N8O6/c1-43(2,3)61-35(55)21-29(23-48-52-42(59)47-22-25-15-17-27(18-16-25)39(56)46-4)49-34(54)24-53-33-14-10-9-13-30(33)36(26-11-7-6-8-12-26)50-38(41(53)58)51-40(57)28-19-31(44)37(60-5)32(45)20-28;1-35(2,3)49-29(45)18-25(20-39-42-34(48)38-19-22-14-16-24(17-15-22)32(46)37-4)40-28(44)21-43-27-13-9-8-12-26(27)30(41-31(36)33(43)47)23-10-6-5-7-11-23/h6-14,19-20,23,25,27,29,38H,15-18,21-22,24H2,1-5H3,(H,46,56)(H,49,54)(H,51,57)(H2,47,52,59);5-13,20,22,24-25,31H,14-19,21,36H2,1-4H3,(H,37,46)(H,40,44)(H2,38,42,48)/b48-23+;39-20+/t25?,27?,29-,38?;22?,24?,25-,31?/m00/s1. The van der Waals surface area contributed by atoms with Crippen LogP contribution in [-0.2, 0) is 47.8 Å². The number of ether oxygens (including phenoxy) is 3. The number of halogens is 2. The van der Waals surface area contributed by atoms with E-state index in [1.165, 1.54) is 41.5 Å². The van der Waals surface area contributed by atoms with Crippen LogP contribution in [0.15, 0.2) is 142 Å². The van der Waals surface area contributed by atoms with Crippen LogP contribution in [0.25, 0.3) is 0 Å². The minimum atomic E-state index is -1.53. The largest absolute Gasteiger partial charge is 0.494 e. The minimum Gasteiger partial charge on any atom is -0.494 e. The summed E-state index contributed by atoms with van der Waals surface area (Å²) in [6, 6.07) is 31.8. The number of urea groups is 2. The summed E-state index contributed by atoms with van der Waals surface area (Å²) in [5.74, 6) is -3.96. The third-order valence-electron chi connectivity index (χ3n) is 18.1. The number of nitrogens with zero attached hydrogens (tertiary/aromatic N) is 6. The third kappa shape index (κ3) is 25.0. The number of anilines is 2. The maximum absolute atomic E-state index is 14.5. The lowest BCUT2D eigenvalue weighted by Crippen LogP contribution is -2.51. The van der Waals surface area contributed by atoms with Crippen molar-refractivity contribution in [2.45, 2.75) is 141 Å². The number of fused-ring (bicyclic) bond motifs is 2. The van der Waals surface area contributed by atoms with Gasteiger partial charge in [-0.1, -0.05) is 120 Å². The molecule has 586 valence electrons. The lowest BCUT2D eigenvalue weighted by molar-refractivity contribution is -0.156. The predicted octanol–water partition coefficient (Wildman–Crippen LogP) is 7.21. The number of para-hydroxylation sites is 2. The number of esters is 2. The molecule has 5 aromatic carbocycles. The Morgan fingerprint density at radius 3 is 1.35 bits per heavy atom. The molecular formula is C78H96Cl2N16O14. The normalized spacial score (nSPS) is 18.9. The second-order valence-electron chi connectivity index (χ2n) is 28.7. The molecule has 30 nitrogen and oxygen atoms in total. The quantitative estimate of drug-likeness (QED) is 0.0157. The number of carbonyl (C=O) groups is 11. The van der Waals surface area contributed by atoms with E-state index in [9.17, 15) is 52.7 Å². The number of benzodiazepines with no additional fused rings is 2. The summed E-state index contributed by atoms with van der Waals surface area (Å²) in [5, 5.41) is 27.2. The first-order valence-electron chi connectivity index (χ1n) is 36.2. The SMILES string of the molecule is CNC(=O)C1CCC(CNC(=O)N/N=C/[C@H](CC(=O)OC(C)(C)C)NC(=O)CN2C(=O)C(N)N=C(c3ccccc3)c3ccccc32)CC1.CNC(=O)C1CCC(CNC(=O)N/N=C/[C@H](CC(=O)OC(C)(C)C)NC(=O)CN2C(=O)C(NC(=O)c3cc(Cl)c(OC)c(Cl)c3)N=C(c3ccccc3)c3ccccc32)CC1. The number of rotatable bonds is 25. The van der Waals surface area contributed by atoms with Gasteiger partial charge in [-0.25, -0.2) is 25.4 Å². The summed E-state index contributed by atoms with van der Waals surface area (Å²) >= 11 is 12.6. The van der Waals surface area contributed by atoms with Crippen molar-refractivity contribution in [3.05, 3.63) is 159 Å². The molecule has 11 N–H and O–H groups in total. The van der Waals surface area contributed by atoms with Crippen LogP contribution in [-0.4, -0.2) is 172 Å². The number of benzene rings is 5. The first kappa shape index (κ1) is 84.5. The highest BCUT2D eigenvalue weighted by atomic mass is 35.5. The van der Waals surface area contributed by atoms with Crippen LogP contribution in [0.3, 0.4) is 0 Å². The number of hydrogen-bond donors (Lipinski definition) is 10. The van der Waals surface area contributed by atoms with E-state index in [4.69, 9.17) is 48.1 Å². The second-order valence-corrected chi connectivity index (χ2v) is 29.5. The smallest absolute Gasteiger partial charge is 0.335 e. The molecule has 2 unspecified atom stereocenters. The number of amides is 11. The molecule has 4 atom stereocenters. The van der Waals surface area contributed by atoms with Gasteiger partial charge in [-0.2, -0.15) is 10.2 Å². The molecule has 0 spiro atoms. The number of methoxy groups -OCH3 is 1. The maximum atomic E-state index is 14.5. The van der Waals surface area contributed by atoms with Crippen molar-refractivity contribution in [3.63, 3.8) is 0 Å². The highest BCUT2D eigenvalue weighted by Crippen LogP contribution is 2.36. The Hall–Kier alpha value is -11.1. The Kier molecular flexibility index (Phi) is 30.6. The summed E-state index contributed by atoms with van der Waals surface area (Å²) in [5.41, 5.74) is 13.6. The zero-order valence-electron chi connectivity index (χ0n) is 63.0. The second kappa shape index (κ2) is 39.8. The summed E-state index contributed by atoms with van der Waals surface area (Å²) in [4.78, 5) is 155. The van der Waals surface area contributed by atoms with E-state index in [2.05, 4.69) is 63.3 Å². The van der Waals surface area contributed by atoms with Gasteiger partial charge < -0.3 is 57.2 Å². The topological polar surface area (TPSA) is 406 Å². The van der Waals surface area contributed by atoms with Gasteiger partial charge in [0.1, 0.15) is 24.3 Å². The number of nitrogens with one attached hydrogen (secondary N) is 9. The molecule has 0 aromatic heterocycles. The summed E-state index contributed by atoms with van der Waals surface area (Å²) in [6.07, 6.45) is 5.20. The average Bonchev–Trinajstić information content (AvgIpc) is 1.63. The van der Waals surface area contributed by atoms with E-state index in [0.29, 0.717) is 52.6 Å². The lowest BCUT2D eigenvalue weighted by Gasteiger charge is -2.27. The zero-order chi connectivity index (χ0) is 79.8. The molecule has 2 fully saturated rings. The van der Waals surface area contributed by atoms with Crippen LogP contribution in [0.1, 0.15) is 138 Å². The van der Waals surface area contributed by atoms with Crippen molar-refractivity contribution in [2.24, 2.45) is 49.6 Å². The fraction of sp³-hybridized carbons (Fsp3) is 0.423. The fourth-order valence-corrected chi connectivity index (χ4v) is 13.5. The molecule has 0 saturated heterocycles.